The maximum atomic E-state index is 12.8. The maximum Gasteiger partial charge on any atom is 0.337 e. The van der Waals surface area contributed by atoms with Gasteiger partial charge in [-0.15, -0.1) is 0 Å². The lowest BCUT2D eigenvalue weighted by atomic mass is 10.1. The van der Waals surface area contributed by atoms with Crippen LogP contribution in [0.25, 0.3) is 0 Å². The average Bonchev–Trinajstić information content (AvgIpc) is 3.17. The Morgan fingerprint density at radius 3 is 1.78 bits per heavy atom. The third-order valence-electron chi connectivity index (χ3n) is 5.81. The van der Waals surface area contributed by atoms with Crippen LogP contribution in [0.15, 0.2) is 103 Å². The molecule has 0 N–H and O–H groups in total. The minimum absolute atomic E-state index is 0.201. The Balaban J connectivity index is 1.31. The molecule has 0 aliphatic carbocycles. The Hall–Kier alpha value is -4.91. The minimum atomic E-state index is -0.767. The van der Waals surface area contributed by atoms with Crippen LogP contribution in [0.1, 0.15) is 37.4 Å². The van der Waals surface area contributed by atoms with Crippen molar-refractivity contribution < 1.29 is 28.7 Å². The van der Waals surface area contributed by atoms with E-state index < -0.39 is 17.8 Å². The van der Waals surface area contributed by atoms with Crippen LogP contribution in [-0.4, -0.2) is 22.8 Å². The topological polar surface area (TPSA) is 82.1 Å². The number of amides is 2. The monoisotopic (exact) mass is 493 g/mol. The van der Waals surface area contributed by atoms with Crippen LogP contribution >= 0.6 is 0 Å². The van der Waals surface area contributed by atoms with Crippen molar-refractivity contribution in [3.63, 3.8) is 0 Å². The van der Waals surface area contributed by atoms with Crippen molar-refractivity contribution in [3.05, 3.63) is 131 Å². The van der Waals surface area contributed by atoms with Crippen molar-refractivity contribution in [1.82, 2.24) is 5.06 Å². The Morgan fingerprint density at radius 1 is 0.649 bits per heavy atom. The summed E-state index contributed by atoms with van der Waals surface area (Å²) in [6.45, 7) is 0.656. The van der Waals surface area contributed by atoms with Crippen molar-refractivity contribution >= 4 is 17.8 Å². The van der Waals surface area contributed by atoms with E-state index in [1.807, 2.05) is 60.7 Å². The van der Waals surface area contributed by atoms with Gasteiger partial charge in [0, 0.05) is 11.6 Å². The first-order valence-corrected chi connectivity index (χ1v) is 11.7. The van der Waals surface area contributed by atoms with Gasteiger partial charge < -0.3 is 14.3 Å². The Kier molecular flexibility index (Phi) is 6.94. The first-order chi connectivity index (χ1) is 18.1. The molecule has 1 aliphatic heterocycles. The Bertz CT molecular complexity index is 1400. The largest absolute Gasteiger partial charge is 0.489 e. The van der Waals surface area contributed by atoms with Gasteiger partial charge in [-0.3, -0.25) is 9.59 Å². The maximum absolute atomic E-state index is 12.8. The molecule has 0 radical (unpaired) electrons. The van der Waals surface area contributed by atoms with Crippen molar-refractivity contribution in [3.8, 4) is 11.5 Å². The van der Waals surface area contributed by atoms with Crippen LogP contribution in [0.2, 0.25) is 0 Å². The molecule has 7 nitrogen and oxygen atoms in total. The highest BCUT2D eigenvalue weighted by Gasteiger charge is 2.38. The molecule has 7 heteroatoms. The van der Waals surface area contributed by atoms with E-state index in [1.165, 1.54) is 12.1 Å². The smallest absolute Gasteiger partial charge is 0.337 e. The molecule has 0 unspecified atom stereocenters. The van der Waals surface area contributed by atoms with Crippen LogP contribution in [0.4, 0.5) is 0 Å². The highest BCUT2D eigenvalue weighted by atomic mass is 16.7. The quantitative estimate of drug-likeness (QED) is 0.300. The number of rotatable bonds is 9. The lowest BCUT2D eigenvalue weighted by molar-refractivity contribution is -0.167. The first-order valence-electron chi connectivity index (χ1n) is 11.7. The standard InChI is InChI=1S/C30H23NO6/c32-28(37-31-29(33)25-13-7-8-14-26(25)30(31)34)17-23-15-16-24(35-19-21-9-3-1-4-10-21)18-27(23)36-20-22-11-5-2-6-12-22/h1-16,18H,17,19-20H2. The fourth-order valence-electron chi connectivity index (χ4n) is 3.92. The van der Waals surface area contributed by atoms with Gasteiger partial charge in [0.2, 0.25) is 0 Å². The van der Waals surface area contributed by atoms with Gasteiger partial charge in [0.05, 0.1) is 17.5 Å². The van der Waals surface area contributed by atoms with Gasteiger partial charge in [0.25, 0.3) is 11.8 Å². The molecule has 37 heavy (non-hydrogen) atoms. The second kappa shape index (κ2) is 10.8. The van der Waals surface area contributed by atoms with E-state index >= 15 is 0 Å². The SMILES string of the molecule is O=C(Cc1ccc(OCc2ccccc2)cc1OCc1ccccc1)ON1C(=O)c2ccccc2C1=O. The van der Waals surface area contributed by atoms with Crippen molar-refractivity contribution in [2.24, 2.45) is 0 Å². The second-order valence-corrected chi connectivity index (χ2v) is 8.41. The summed E-state index contributed by atoms with van der Waals surface area (Å²) in [6.07, 6.45) is -0.212. The molecule has 1 aliphatic rings. The summed E-state index contributed by atoms with van der Waals surface area (Å²) in [4.78, 5) is 43.0. The van der Waals surface area contributed by atoms with Crippen molar-refractivity contribution in [1.29, 1.82) is 0 Å². The lowest BCUT2D eigenvalue weighted by Crippen LogP contribution is -2.33. The third kappa shape index (κ3) is 5.51. The summed E-state index contributed by atoms with van der Waals surface area (Å²) >= 11 is 0. The van der Waals surface area contributed by atoms with Gasteiger partial charge in [-0.05, 0) is 29.3 Å². The van der Waals surface area contributed by atoms with Crippen molar-refractivity contribution in [2.75, 3.05) is 0 Å². The van der Waals surface area contributed by atoms with Gasteiger partial charge in [0.1, 0.15) is 24.7 Å². The summed E-state index contributed by atoms with van der Waals surface area (Å²) < 4.78 is 12.0. The fourth-order valence-corrected chi connectivity index (χ4v) is 3.92. The molecular formula is C30H23NO6. The number of imide groups is 1. The number of carbonyl (C=O) groups excluding carboxylic acids is 3. The molecular weight excluding hydrogens is 470 g/mol. The zero-order chi connectivity index (χ0) is 25.6. The van der Waals surface area contributed by atoms with Crippen LogP contribution in [0.5, 0.6) is 11.5 Å². The molecule has 0 atom stereocenters. The highest BCUT2D eigenvalue weighted by Crippen LogP contribution is 2.28. The molecule has 4 aromatic rings. The van der Waals surface area contributed by atoms with Crippen LogP contribution < -0.4 is 9.47 Å². The molecule has 0 aromatic heterocycles. The number of hydroxylamine groups is 2. The minimum Gasteiger partial charge on any atom is -0.489 e. The number of nitrogens with zero attached hydrogens (tertiary/aromatic N) is 1. The zero-order valence-electron chi connectivity index (χ0n) is 19.8. The summed E-state index contributed by atoms with van der Waals surface area (Å²) in [5.41, 5.74) is 2.91. The summed E-state index contributed by atoms with van der Waals surface area (Å²) in [6, 6.07) is 30.9. The zero-order valence-corrected chi connectivity index (χ0v) is 19.8. The highest BCUT2D eigenvalue weighted by molar-refractivity contribution is 6.20. The summed E-state index contributed by atoms with van der Waals surface area (Å²) in [5, 5.41) is 0.509. The summed E-state index contributed by atoms with van der Waals surface area (Å²) in [7, 11) is 0. The third-order valence-corrected chi connectivity index (χ3v) is 5.81. The molecule has 5 rings (SSSR count). The van der Waals surface area contributed by atoms with Gasteiger partial charge in [-0.2, -0.15) is 0 Å². The number of carbonyl (C=O) groups is 3. The van der Waals surface area contributed by atoms with Crippen LogP contribution in [0, 0.1) is 0 Å². The predicted octanol–water partition coefficient (Wildman–Crippen LogP) is 5.14. The number of benzene rings is 4. The van der Waals surface area contributed by atoms with Gasteiger partial charge in [-0.1, -0.05) is 83.9 Å². The summed E-state index contributed by atoms with van der Waals surface area (Å²) in [5.74, 6) is -1.09. The van der Waals surface area contributed by atoms with E-state index in [0.717, 1.165) is 11.1 Å². The molecule has 0 bridgehead atoms. The van der Waals surface area contributed by atoms with E-state index in [2.05, 4.69) is 0 Å². The first kappa shape index (κ1) is 23.8. The second-order valence-electron chi connectivity index (χ2n) is 8.41. The van der Waals surface area contributed by atoms with Gasteiger partial charge in [-0.25, -0.2) is 4.79 Å². The van der Waals surface area contributed by atoms with Gasteiger partial charge >= 0.3 is 5.97 Å². The molecule has 0 saturated heterocycles. The number of ether oxygens (including phenoxy) is 2. The molecule has 2 amide bonds. The van der Waals surface area contributed by atoms with E-state index in [4.69, 9.17) is 14.3 Å². The van der Waals surface area contributed by atoms with E-state index in [9.17, 15) is 14.4 Å². The van der Waals surface area contributed by atoms with Crippen molar-refractivity contribution in [2.45, 2.75) is 19.6 Å². The van der Waals surface area contributed by atoms with E-state index in [0.29, 0.717) is 28.7 Å². The number of hydrogen-bond donors (Lipinski definition) is 0. The molecule has 184 valence electrons. The van der Waals surface area contributed by atoms with E-state index in [-0.39, 0.29) is 24.2 Å². The van der Waals surface area contributed by atoms with Gasteiger partial charge in [0.15, 0.2) is 0 Å². The van der Waals surface area contributed by atoms with Crippen LogP contribution in [-0.2, 0) is 29.3 Å². The number of hydrogen-bond acceptors (Lipinski definition) is 6. The lowest BCUT2D eigenvalue weighted by Gasteiger charge is -2.16. The number of fused-ring (bicyclic) bond motifs is 1. The Morgan fingerprint density at radius 2 is 1.19 bits per heavy atom. The normalized spacial score (nSPS) is 12.3. The Labute approximate surface area is 213 Å². The fraction of sp³-hybridized carbons (Fsp3) is 0.100. The predicted molar refractivity (Wildman–Crippen MR) is 135 cm³/mol. The molecule has 4 aromatic carbocycles. The van der Waals surface area contributed by atoms with Crippen LogP contribution in [0.3, 0.4) is 0 Å². The molecule has 0 saturated carbocycles. The average molecular weight is 494 g/mol. The molecule has 1 heterocycles. The molecule has 0 fully saturated rings. The molecule has 0 spiro atoms. The van der Waals surface area contributed by atoms with E-state index in [1.54, 1.807) is 30.3 Å².